The van der Waals surface area contributed by atoms with Gasteiger partial charge in [-0.1, -0.05) is 44.2 Å². The van der Waals surface area contributed by atoms with Crippen LogP contribution in [0, 0.1) is 28.6 Å². The molecule has 2 saturated carbocycles. The summed E-state index contributed by atoms with van der Waals surface area (Å²) in [7, 11) is 1.53. The lowest BCUT2D eigenvalue weighted by atomic mass is 9.70. The molecule has 2 saturated heterocycles. The first kappa shape index (κ1) is 34.1. The van der Waals surface area contributed by atoms with Crippen molar-refractivity contribution in [2.24, 2.45) is 28.6 Å². The Bertz CT molecular complexity index is 1500. The van der Waals surface area contributed by atoms with Gasteiger partial charge in [-0.2, -0.15) is 5.10 Å². The Morgan fingerprint density at radius 1 is 1.02 bits per heavy atom. The second kappa shape index (κ2) is 13.6. The van der Waals surface area contributed by atoms with Gasteiger partial charge in [-0.15, -0.1) is 0 Å². The molecule has 4 fully saturated rings. The maximum Gasteiger partial charge on any atom is 0.257 e. The van der Waals surface area contributed by atoms with Crippen LogP contribution in [0.1, 0.15) is 68.8 Å². The van der Waals surface area contributed by atoms with Crippen LogP contribution >= 0.6 is 0 Å². The molecule has 3 heterocycles. The number of carbonyl (C=O) groups is 4. The van der Waals surface area contributed by atoms with Gasteiger partial charge >= 0.3 is 0 Å². The number of amides is 4. The van der Waals surface area contributed by atoms with Crippen molar-refractivity contribution in [3.8, 4) is 0 Å². The molecule has 0 radical (unpaired) electrons. The average molecular weight is 663 g/mol. The highest BCUT2D eigenvalue weighted by Gasteiger charge is 2.62. The molecular formula is C36H50N6O6. The molecule has 0 bridgehead atoms. The highest BCUT2D eigenvalue weighted by Crippen LogP contribution is 2.54. The van der Waals surface area contributed by atoms with Gasteiger partial charge in [-0.25, -0.2) is 0 Å². The summed E-state index contributed by atoms with van der Waals surface area (Å²) in [6, 6.07) is 8.94. The van der Waals surface area contributed by atoms with E-state index in [1.165, 1.54) is 7.05 Å². The van der Waals surface area contributed by atoms with E-state index in [1.807, 2.05) is 35.2 Å². The Morgan fingerprint density at radius 3 is 2.33 bits per heavy atom. The molecule has 260 valence electrons. The summed E-state index contributed by atoms with van der Waals surface area (Å²) in [5.41, 5.74) is 0.877. The number of hydrogen-bond donors (Lipinski definition) is 3. The van der Waals surface area contributed by atoms with Gasteiger partial charge in [0.25, 0.3) is 5.91 Å². The molecule has 1 aromatic carbocycles. The number of ether oxygens (including phenoxy) is 1. The molecule has 1 spiro atoms. The summed E-state index contributed by atoms with van der Waals surface area (Å²) >= 11 is 0. The smallest absolute Gasteiger partial charge is 0.257 e. The van der Waals surface area contributed by atoms with E-state index in [0.717, 1.165) is 37.7 Å². The van der Waals surface area contributed by atoms with Crippen molar-refractivity contribution in [2.75, 3.05) is 39.8 Å². The van der Waals surface area contributed by atoms with E-state index in [-0.39, 0.29) is 47.6 Å². The predicted molar refractivity (Wildman–Crippen MR) is 177 cm³/mol. The molecule has 2 aromatic rings. The summed E-state index contributed by atoms with van der Waals surface area (Å²) in [4.78, 5) is 57.8. The third kappa shape index (κ3) is 7.15. The fourth-order valence-corrected chi connectivity index (χ4v) is 7.80. The minimum absolute atomic E-state index is 0.0114. The number of aliphatic hydroxyl groups is 1. The SMILES string of the molecule is CNC(=O)[C@@H](NC(=O)[C@@H]1CN(C(=O)c2cnn(Cc3ccccc3)c2)CC12CN(C(=O)[C@H]1CC1(C)C)C2)[C@@H](C)OCC1CCC(O)CC1. The van der Waals surface area contributed by atoms with Crippen molar-refractivity contribution in [3.63, 3.8) is 0 Å². The Kier molecular flexibility index (Phi) is 9.68. The molecule has 3 N–H and O–H groups in total. The Balaban J connectivity index is 1.15. The molecule has 1 aromatic heterocycles. The van der Waals surface area contributed by atoms with Crippen LogP contribution in [0.4, 0.5) is 0 Å². The van der Waals surface area contributed by atoms with E-state index in [0.29, 0.717) is 44.3 Å². The number of rotatable bonds is 11. The fraction of sp³-hybridized carbons (Fsp3) is 0.639. The molecule has 48 heavy (non-hydrogen) atoms. The lowest BCUT2D eigenvalue weighted by Crippen LogP contribution is -2.65. The van der Waals surface area contributed by atoms with Crippen LogP contribution in [0.2, 0.25) is 0 Å². The van der Waals surface area contributed by atoms with E-state index in [2.05, 4.69) is 29.6 Å². The number of likely N-dealkylation sites (tertiary alicyclic amines) is 2. The van der Waals surface area contributed by atoms with Gasteiger partial charge in [-0.3, -0.25) is 23.9 Å². The first-order valence-electron chi connectivity index (χ1n) is 17.4. The third-order valence-corrected chi connectivity index (χ3v) is 11.2. The zero-order valence-electron chi connectivity index (χ0n) is 28.6. The van der Waals surface area contributed by atoms with Crippen molar-refractivity contribution < 1.29 is 29.0 Å². The fourth-order valence-electron chi connectivity index (χ4n) is 7.80. The summed E-state index contributed by atoms with van der Waals surface area (Å²) in [5.74, 6) is -1.13. The van der Waals surface area contributed by atoms with Crippen LogP contribution in [0.5, 0.6) is 0 Å². The van der Waals surface area contributed by atoms with Crippen molar-refractivity contribution >= 4 is 23.6 Å². The summed E-state index contributed by atoms with van der Waals surface area (Å²) in [5, 5.41) is 19.9. The molecule has 2 aliphatic carbocycles. The number of carbonyl (C=O) groups excluding carboxylic acids is 4. The molecule has 4 amide bonds. The van der Waals surface area contributed by atoms with Crippen LogP contribution in [-0.2, 0) is 25.7 Å². The van der Waals surface area contributed by atoms with Gasteiger partial charge in [0, 0.05) is 57.4 Å². The van der Waals surface area contributed by atoms with Gasteiger partial charge in [0.05, 0.1) is 36.4 Å². The van der Waals surface area contributed by atoms with E-state index < -0.39 is 23.5 Å². The second-order valence-electron chi connectivity index (χ2n) is 15.3. The van der Waals surface area contributed by atoms with Gasteiger partial charge in [0.1, 0.15) is 6.04 Å². The Labute approximate surface area is 282 Å². The van der Waals surface area contributed by atoms with E-state index in [1.54, 1.807) is 28.9 Å². The average Bonchev–Trinajstić information content (AvgIpc) is 3.37. The molecular weight excluding hydrogens is 612 g/mol. The standard InChI is InChI=1S/C36H50N6O6/c1-23(48-19-25-10-12-27(43)13-11-25)30(32(45)37-4)39-31(44)29-18-40(20-36(29)21-41(22-36)34(47)28-14-35(28,2)3)33(46)26-15-38-42(17-26)16-24-8-6-5-7-9-24/h5-9,15,17,23,25,27-30,43H,10-14,16,18-22H2,1-4H3,(H,37,45)(H,39,44)/t23-,25?,27?,28-,29+,30+/m1/s1. The van der Waals surface area contributed by atoms with Crippen LogP contribution in [-0.4, -0.2) is 106 Å². The number of aromatic nitrogens is 2. The first-order valence-corrected chi connectivity index (χ1v) is 17.4. The third-order valence-electron chi connectivity index (χ3n) is 11.2. The molecule has 2 aliphatic heterocycles. The van der Waals surface area contributed by atoms with Crippen molar-refractivity contribution in [3.05, 3.63) is 53.9 Å². The van der Waals surface area contributed by atoms with Gasteiger partial charge in [-0.05, 0) is 55.9 Å². The normalized spacial score (nSPS) is 26.8. The van der Waals surface area contributed by atoms with Gasteiger partial charge < -0.3 is 30.3 Å². The Morgan fingerprint density at radius 2 is 1.69 bits per heavy atom. The first-order chi connectivity index (χ1) is 22.9. The molecule has 6 rings (SSSR count). The van der Waals surface area contributed by atoms with Crippen LogP contribution in [0.3, 0.4) is 0 Å². The maximum atomic E-state index is 14.1. The van der Waals surface area contributed by atoms with Crippen molar-refractivity contribution in [1.82, 2.24) is 30.2 Å². The topological polar surface area (TPSA) is 146 Å². The molecule has 4 aliphatic rings. The van der Waals surface area contributed by atoms with E-state index in [4.69, 9.17) is 4.74 Å². The second-order valence-corrected chi connectivity index (χ2v) is 15.3. The largest absolute Gasteiger partial charge is 0.393 e. The minimum atomic E-state index is -0.931. The molecule has 0 unspecified atom stereocenters. The summed E-state index contributed by atoms with van der Waals surface area (Å²) in [6.07, 6.45) is 6.48. The van der Waals surface area contributed by atoms with E-state index in [9.17, 15) is 24.3 Å². The number of benzene rings is 1. The molecule has 12 nitrogen and oxygen atoms in total. The monoisotopic (exact) mass is 662 g/mol. The number of likely N-dealkylation sites (N-methyl/N-ethyl adjacent to an activating group) is 1. The summed E-state index contributed by atoms with van der Waals surface area (Å²) in [6.45, 7) is 8.22. The van der Waals surface area contributed by atoms with Crippen LogP contribution in [0.15, 0.2) is 42.7 Å². The number of nitrogens with one attached hydrogen (secondary N) is 2. The van der Waals surface area contributed by atoms with Crippen LogP contribution < -0.4 is 10.6 Å². The lowest BCUT2D eigenvalue weighted by Gasteiger charge is -2.50. The lowest BCUT2D eigenvalue weighted by molar-refractivity contribution is -0.152. The Hall–Kier alpha value is -3.77. The quantitative estimate of drug-likeness (QED) is 0.334. The minimum Gasteiger partial charge on any atom is -0.393 e. The zero-order valence-corrected chi connectivity index (χ0v) is 28.6. The van der Waals surface area contributed by atoms with Crippen LogP contribution in [0.25, 0.3) is 0 Å². The van der Waals surface area contributed by atoms with Crippen molar-refractivity contribution in [1.29, 1.82) is 0 Å². The number of nitrogens with zero attached hydrogens (tertiary/aromatic N) is 4. The zero-order chi connectivity index (χ0) is 34.2. The van der Waals surface area contributed by atoms with Crippen molar-refractivity contribution in [2.45, 2.75) is 77.7 Å². The highest BCUT2D eigenvalue weighted by molar-refractivity contribution is 5.95. The number of hydrogen-bond acceptors (Lipinski definition) is 7. The van der Waals surface area contributed by atoms with Gasteiger partial charge in [0.2, 0.25) is 17.7 Å². The predicted octanol–water partition coefficient (Wildman–Crippen LogP) is 2.07. The maximum absolute atomic E-state index is 14.1. The highest BCUT2D eigenvalue weighted by atomic mass is 16.5. The molecule has 12 heteroatoms. The number of aliphatic hydroxyl groups excluding tert-OH is 1. The van der Waals surface area contributed by atoms with Gasteiger partial charge in [0.15, 0.2) is 0 Å². The molecule has 4 atom stereocenters. The summed E-state index contributed by atoms with van der Waals surface area (Å²) < 4.78 is 7.86. The van der Waals surface area contributed by atoms with E-state index >= 15 is 0 Å².